The monoisotopic (exact) mass is 501 g/mol. The van der Waals surface area contributed by atoms with E-state index < -0.39 is 7.21 Å². The van der Waals surface area contributed by atoms with Gasteiger partial charge >= 0.3 is 0 Å². The van der Waals surface area contributed by atoms with Gasteiger partial charge in [0.15, 0.2) is 5.13 Å². The van der Waals surface area contributed by atoms with E-state index in [1.54, 1.807) is 11.3 Å². The molecule has 0 aliphatic carbocycles. The van der Waals surface area contributed by atoms with Crippen molar-refractivity contribution in [2.75, 3.05) is 5.09 Å². The summed E-state index contributed by atoms with van der Waals surface area (Å²) in [6.07, 6.45) is 1.82. The fourth-order valence-electron chi connectivity index (χ4n) is 2.80. The maximum atomic E-state index is 5.31. The van der Waals surface area contributed by atoms with Gasteiger partial charge < -0.3 is 5.09 Å². The van der Waals surface area contributed by atoms with Crippen molar-refractivity contribution in [3.8, 4) is 0 Å². The number of thiazole rings is 1. The van der Waals surface area contributed by atoms with Gasteiger partial charge in [0.1, 0.15) is 7.21 Å². The van der Waals surface area contributed by atoms with Crippen molar-refractivity contribution in [2.45, 2.75) is 0 Å². The highest BCUT2D eigenvalue weighted by Gasteiger charge is 2.26. The molecule has 6 heteroatoms. The Morgan fingerprint density at radius 2 is 1.41 bits per heavy atom. The summed E-state index contributed by atoms with van der Waals surface area (Å²) in [5, 5.41) is 8.92. The molecule has 0 saturated carbocycles. The molecule has 134 valence electrons. The number of anilines is 1. The van der Waals surface area contributed by atoms with Crippen LogP contribution in [0.15, 0.2) is 101 Å². The third kappa shape index (κ3) is 4.15. The number of nitrogens with one attached hydrogen (secondary N) is 1. The van der Waals surface area contributed by atoms with Crippen molar-refractivity contribution in [2.24, 2.45) is 4.74 Å². The number of nitrogens with zero attached hydrogens (tertiary/aromatic N) is 2. The summed E-state index contributed by atoms with van der Waals surface area (Å²) >= 11 is 3.91. The molecule has 0 spiro atoms. The minimum absolute atomic E-state index is 0.880. The highest BCUT2D eigenvalue weighted by atomic mass is 127. The normalized spacial score (nSPS) is 11.1. The van der Waals surface area contributed by atoms with Crippen molar-refractivity contribution in [1.82, 2.24) is 4.98 Å². The maximum absolute atomic E-state index is 5.31. The summed E-state index contributed by atoms with van der Waals surface area (Å²) in [5.41, 5.74) is 0.959. The van der Waals surface area contributed by atoms with Crippen molar-refractivity contribution in [3.05, 3.63) is 100 Å². The maximum Gasteiger partial charge on any atom is 0.187 e. The first kappa shape index (κ1) is 18.4. The molecule has 0 atom stereocenters. The number of aromatic nitrogens is 1. The van der Waals surface area contributed by atoms with Crippen LogP contribution in [0.25, 0.3) is 0 Å². The quantitative estimate of drug-likeness (QED) is 0.259. The summed E-state index contributed by atoms with van der Waals surface area (Å²) in [5.74, 6) is 0. The van der Waals surface area contributed by atoms with Crippen molar-refractivity contribution < 1.29 is 0 Å². The third-order valence-corrected chi connectivity index (χ3v) is 8.76. The SMILES string of the molecule is Ic1ccc(N=P(Nc2nccs2)(c2ccccc2)c2ccccc2)cc1. The molecular weight excluding hydrogens is 484 g/mol. The Bertz CT molecular complexity index is 1010. The van der Waals surface area contributed by atoms with Crippen LogP contribution < -0.4 is 15.7 Å². The lowest BCUT2D eigenvalue weighted by molar-refractivity contribution is 1.42. The van der Waals surface area contributed by atoms with E-state index in [2.05, 4.69) is 105 Å². The lowest BCUT2D eigenvalue weighted by atomic mass is 10.3. The molecule has 0 bridgehead atoms. The summed E-state index contributed by atoms with van der Waals surface area (Å²) in [6.45, 7) is 0. The van der Waals surface area contributed by atoms with Crippen LogP contribution in [0, 0.1) is 3.57 Å². The molecule has 1 aromatic heterocycles. The highest BCUT2D eigenvalue weighted by Crippen LogP contribution is 2.50. The van der Waals surface area contributed by atoms with Gasteiger partial charge in [0, 0.05) is 25.8 Å². The molecule has 0 amide bonds. The minimum atomic E-state index is -2.31. The van der Waals surface area contributed by atoms with Crippen LogP contribution in [0.1, 0.15) is 0 Å². The molecule has 0 aliphatic heterocycles. The lowest BCUT2D eigenvalue weighted by Crippen LogP contribution is -2.22. The largest absolute Gasteiger partial charge is 0.321 e. The molecule has 1 N–H and O–H groups in total. The van der Waals surface area contributed by atoms with Crippen LogP contribution in [0.2, 0.25) is 0 Å². The number of benzene rings is 3. The van der Waals surface area contributed by atoms with Crippen LogP contribution in [0.4, 0.5) is 10.8 Å². The van der Waals surface area contributed by atoms with Gasteiger partial charge in [-0.05, 0) is 46.9 Å². The summed E-state index contributed by atoms with van der Waals surface area (Å²) in [7, 11) is -2.31. The standard InChI is InChI=1S/C21H17IN3PS/c22-17-11-13-18(14-12-17)24-26(19-7-3-1-4-8-19,20-9-5-2-6-10-20)25-21-23-15-16-27-21/h1-16H,(H,23,25). The molecule has 3 aromatic carbocycles. The average Bonchev–Trinajstić information content (AvgIpc) is 3.23. The Hall–Kier alpha value is -1.95. The molecule has 0 saturated heterocycles. The number of hydrogen-bond donors (Lipinski definition) is 1. The van der Waals surface area contributed by atoms with Gasteiger partial charge in [0.25, 0.3) is 0 Å². The number of rotatable bonds is 5. The second-order valence-electron chi connectivity index (χ2n) is 5.83. The third-order valence-electron chi connectivity index (χ3n) is 4.04. The first-order chi connectivity index (χ1) is 13.3. The second kappa shape index (κ2) is 8.38. The molecule has 0 fully saturated rings. The van der Waals surface area contributed by atoms with E-state index >= 15 is 0 Å². The lowest BCUT2D eigenvalue weighted by Gasteiger charge is -2.27. The molecule has 27 heavy (non-hydrogen) atoms. The molecule has 3 nitrogen and oxygen atoms in total. The number of halogens is 1. The molecule has 0 unspecified atom stereocenters. The average molecular weight is 501 g/mol. The molecule has 4 rings (SSSR count). The van der Waals surface area contributed by atoms with Gasteiger partial charge in [0.05, 0.1) is 5.69 Å². The van der Waals surface area contributed by atoms with Crippen LogP contribution in [0.3, 0.4) is 0 Å². The van der Waals surface area contributed by atoms with Crippen molar-refractivity contribution in [1.29, 1.82) is 0 Å². The fourth-order valence-corrected chi connectivity index (χ4v) is 7.00. The predicted octanol–water partition coefficient (Wildman–Crippen LogP) is 6.26. The van der Waals surface area contributed by atoms with Gasteiger partial charge in [-0.3, -0.25) is 0 Å². The first-order valence-electron chi connectivity index (χ1n) is 8.43. The summed E-state index contributed by atoms with van der Waals surface area (Å²) < 4.78 is 6.51. The molecule has 1 heterocycles. The van der Waals surface area contributed by atoms with E-state index in [-0.39, 0.29) is 0 Å². The van der Waals surface area contributed by atoms with E-state index in [0.717, 1.165) is 10.8 Å². The van der Waals surface area contributed by atoms with Crippen LogP contribution >= 0.6 is 41.1 Å². The van der Waals surface area contributed by atoms with Crippen LogP contribution in [0.5, 0.6) is 0 Å². The van der Waals surface area contributed by atoms with E-state index in [0.29, 0.717) is 0 Å². The fraction of sp³-hybridized carbons (Fsp3) is 0. The Labute approximate surface area is 176 Å². The van der Waals surface area contributed by atoms with E-state index in [4.69, 9.17) is 4.74 Å². The predicted molar refractivity (Wildman–Crippen MR) is 126 cm³/mol. The van der Waals surface area contributed by atoms with Crippen LogP contribution in [-0.2, 0) is 0 Å². The van der Waals surface area contributed by atoms with Crippen molar-refractivity contribution in [3.63, 3.8) is 0 Å². The Morgan fingerprint density at radius 3 is 1.93 bits per heavy atom. The first-order valence-corrected chi connectivity index (χ1v) is 12.1. The summed E-state index contributed by atoms with van der Waals surface area (Å²) in [6, 6.07) is 29.3. The zero-order valence-corrected chi connectivity index (χ0v) is 18.2. The number of hydrogen-bond acceptors (Lipinski definition) is 3. The second-order valence-corrected chi connectivity index (χ2v) is 10.7. The Balaban J connectivity index is 2.00. The highest BCUT2D eigenvalue weighted by molar-refractivity contribution is 14.1. The van der Waals surface area contributed by atoms with Crippen molar-refractivity contribution >= 4 is 62.6 Å². The van der Waals surface area contributed by atoms with Crippen LogP contribution in [-0.4, -0.2) is 4.98 Å². The van der Waals surface area contributed by atoms with E-state index in [9.17, 15) is 0 Å². The molecule has 0 aliphatic rings. The van der Waals surface area contributed by atoms with Gasteiger partial charge in [-0.2, -0.15) is 0 Å². The smallest absolute Gasteiger partial charge is 0.187 e. The zero-order chi connectivity index (χ0) is 18.5. The minimum Gasteiger partial charge on any atom is -0.321 e. The van der Waals surface area contributed by atoms with Gasteiger partial charge in [0.2, 0.25) is 0 Å². The van der Waals surface area contributed by atoms with Gasteiger partial charge in [-0.25, -0.2) is 9.73 Å². The van der Waals surface area contributed by atoms with E-state index in [1.807, 2.05) is 23.7 Å². The van der Waals surface area contributed by atoms with E-state index in [1.165, 1.54) is 14.2 Å². The Kier molecular flexibility index (Phi) is 5.72. The van der Waals surface area contributed by atoms with Gasteiger partial charge in [-0.15, -0.1) is 11.3 Å². The van der Waals surface area contributed by atoms with Gasteiger partial charge in [-0.1, -0.05) is 60.7 Å². The zero-order valence-electron chi connectivity index (χ0n) is 14.4. The summed E-state index contributed by atoms with van der Waals surface area (Å²) in [4.78, 5) is 4.48. The molecule has 4 aromatic rings. The molecule has 0 radical (unpaired) electrons. The Morgan fingerprint density at radius 1 is 0.815 bits per heavy atom. The molecular formula is C21H17IN3PS. The topological polar surface area (TPSA) is 37.3 Å².